The number of carbonyl (C=O) groups excluding carboxylic acids is 1. The molecule has 0 saturated carbocycles. The molecule has 2 aromatic carbocycles. The zero-order valence-electron chi connectivity index (χ0n) is 19.6. The van der Waals surface area contributed by atoms with Crippen molar-refractivity contribution in [1.29, 1.82) is 5.26 Å². The van der Waals surface area contributed by atoms with Gasteiger partial charge in [0.1, 0.15) is 17.3 Å². The van der Waals surface area contributed by atoms with Crippen LogP contribution in [0, 0.1) is 17.1 Å². The van der Waals surface area contributed by atoms with Crippen molar-refractivity contribution in [2.75, 3.05) is 11.9 Å². The van der Waals surface area contributed by atoms with Crippen LogP contribution in [0.2, 0.25) is 0 Å². The molecule has 37 heavy (non-hydrogen) atoms. The number of carbonyl (C=O) groups is 2. The SMILES string of the molecule is N#Cc1ccccc1-c1ccc(C(=O)NCc2cccc(C(=O)O)n2)c(NCCc2cccc(F)c2)n1. The molecular weight excluding hydrogens is 473 g/mol. The largest absolute Gasteiger partial charge is 0.477 e. The molecule has 0 aliphatic heterocycles. The Labute approximate surface area is 212 Å². The Morgan fingerprint density at radius 3 is 2.57 bits per heavy atom. The first-order chi connectivity index (χ1) is 17.9. The number of halogens is 1. The summed E-state index contributed by atoms with van der Waals surface area (Å²) in [5.74, 6) is -1.63. The molecule has 2 heterocycles. The summed E-state index contributed by atoms with van der Waals surface area (Å²) in [5, 5.41) is 24.5. The van der Waals surface area contributed by atoms with Crippen LogP contribution in [0.4, 0.5) is 10.2 Å². The molecule has 0 radical (unpaired) electrons. The van der Waals surface area contributed by atoms with E-state index in [0.29, 0.717) is 41.3 Å². The van der Waals surface area contributed by atoms with E-state index in [1.54, 1.807) is 54.6 Å². The summed E-state index contributed by atoms with van der Waals surface area (Å²) in [6, 6.07) is 23.2. The van der Waals surface area contributed by atoms with Gasteiger partial charge in [-0.2, -0.15) is 5.26 Å². The van der Waals surface area contributed by atoms with Gasteiger partial charge in [0.25, 0.3) is 5.91 Å². The number of pyridine rings is 2. The number of hydrogen-bond donors (Lipinski definition) is 3. The Kier molecular flexibility index (Phi) is 7.81. The minimum absolute atomic E-state index is 0.0156. The number of rotatable bonds is 9. The van der Waals surface area contributed by atoms with Crippen LogP contribution in [-0.2, 0) is 13.0 Å². The highest BCUT2D eigenvalue weighted by Crippen LogP contribution is 2.25. The molecule has 2 aromatic heterocycles. The Balaban J connectivity index is 1.58. The fraction of sp³-hybridized carbons (Fsp3) is 0.107. The molecule has 8 nitrogen and oxygen atoms in total. The summed E-state index contributed by atoms with van der Waals surface area (Å²) in [4.78, 5) is 32.9. The Morgan fingerprint density at radius 1 is 0.973 bits per heavy atom. The number of nitrogens with one attached hydrogen (secondary N) is 2. The summed E-state index contributed by atoms with van der Waals surface area (Å²) in [6.07, 6.45) is 0.491. The lowest BCUT2D eigenvalue weighted by molar-refractivity contribution is 0.0690. The van der Waals surface area contributed by atoms with Crippen LogP contribution in [0.1, 0.15) is 37.7 Å². The number of aromatic carboxylic acids is 1. The lowest BCUT2D eigenvalue weighted by Gasteiger charge is -2.14. The summed E-state index contributed by atoms with van der Waals surface area (Å²) in [6.45, 7) is 0.393. The number of amides is 1. The molecule has 0 spiro atoms. The van der Waals surface area contributed by atoms with Crippen molar-refractivity contribution in [2.24, 2.45) is 0 Å². The van der Waals surface area contributed by atoms with Crippen molar-refractivity contribution >= 4 is 17.7 Å². The molecule has 0 bridgehead atoms. The third-order valence-corrected chi connectivity index (χ3v) is 5.51. The zero-order valence-corrected chi connectivity index (χ0v) is 19.6. The normalized spacial score (nSPS) is 10.4. The molecule has 0 saturated heterocycles. The van der Waals surface area contributed by atoms with Gasteiger partial charge in [0.05, 0.1) is 35.1 Å². The molecule has 0 fully saturated rings. The van der Waals surface area contributed by atoms with Crippen molar-refractivity contribution < 1.29 is 19.1 Å². The number of benzene rings is 2. The van der Waals surface area contributed by atoms with Crippen molar-refractivity contribution in [3.8, 4) is 17.3 Å². The van der Waals surface area contributed by atoms with Crippen molar-refractivity contribution in [1.82, 2.24) is 15.3 Å². The predicted molar refractivity (Wildman–Crippen MR) is 135 cm³/mol. The standard InChI is InChI=1S/C28H22FN5O3/c29-20-7-3-5-18(15-20)13-14-31-26-23(11-12-24(34-26)22-9-2-1-6-19(22)16-30)27(35)32-17-21-8-4-10-25(33-21)28(36)37/h1-12,15H,13-14,17H2,(H,31,34)(H,32,35)(H,36,37). The van der Waals surface area contributed by atoms with Crippen molar-refractivity contribution in [2.45, 2.75) is 13.0 Å². The van der Waals surface area contributed by atoms with Crippen LogP contribution in [0.5, 0.6) is 0 Å². The fourth-order valence-electron chi connectivity index (χ4n) is 3.71. The van der Waals surface area contributed by atoms with E-state index in [4.69, 9.17) is 5.11 Å². The number of carboxylic acid groups (broad SMARTS) is 1. The van der Waals surface area contributed by atoms with E-state index < -0.39 is 11.9 Å². The van der Waals surface area contributed by atoms with Gasteiger partial charge in [-0.15, -0.1) is 0 Å². The van der Waals surface area contributed by atoms with Crippen molar-refractivity contribution in [3.05, 3.63) is 113 Å². The van der Waals surface area contributed by atoms with Crippen LogP contribution in [-0.4, -0.2) is 33.5 Å². The topological polar surface area (TPSA) is 128 Å². The minimum Gasteiger partial charge on any atom is -0.477 e. The first kappa shape index (κ1) is 25.0. The van der Waals surface area contributed by atoms with E-state index in [0.717, 1.165) is 5.56 Å². The maximum atomic E-state index is 13.5. The molecule has 4 rings (SSSR count). The second kappa shape index (κ2) is 11.6. The molecule has 1 amide bonds. The van der Waals surface area contributed by atoms with Crippen molar-refractivity contribution in [3.63, 3.8) is 0 Å². The van der Waals surface area contributed by atoms with E-state index in [1.807, 2.05) is 6.07 Å². The van der Waals surface area contributed by atoms with Gasteiger partial charge in [-0.1, -0.05) is 36.4 Å². The third kappa shape index (κ3) is 6.32. The van der Waals surface area contributed by atoms with Gasteiger partial charge in [0.2, 0.25) is 0 Å². The van der Waals surface area contributed by atoms with Crippen LogP contribution in [0.25, 0.3) is 11.3 Å². The molecule has 0 aliphatic carbocycles. The molecule has 3 N–H and O–H groups in total. The van der Waals surface area contributed by atoms with Gasteiger partial charge in [-0.25, -0.2) is 19.2 Å². The quantitative estimate of drug-likeness (QED) is 0.313. The molecule has 0 unspecified atom stereocenters. The van der Waals surface area contributed by atoms with Crippen LogP contribution >= 0.6 is 0 Å². The number of anilines is 1. The number of carboxylic acids is 1. The Morgan fingerprint density at radius 2 is 1.78 bits per heavy atom. The van der Waals surface area contributed by atoms with Gasteiger partial charge >= 0.3 is 5.97 Å². The van der Waals surface area contributed by atoms with E-state index in [1.165, 1.54) is 18.2 Å². The average molecular weight is 496 g/mol. The van der Waals surface area contributed by atoms with E-state index in [-0.39, 0.29) is 23.6 Å². The second-order valence-electron chi connectivity index (χ2n) is 8.06. The lowest BCUT2D eigenvalue weighted by atomic mass is 10.0. The molecule has 0 atom stereocenters. The molecule has 184 valence electrons. The monoisotopic (exact) mass is 495 g/mol. The average Bonchev–Trinajstić information content (AvgIpc) is 2.92. The van der Waals surface area contributed by atoms with E-state index in [9.17, 15) is 19.2 Å². The smallest absolute Gasteiger partial charge is 0.354 e. The highest BCUT2D eigenvalue weighted by atomic mass is 19.1. The molecule has 4 aromatic rings. The number of nitriles is 1. The predicted octanol–water partition coefficient (Wildman–Crippen LogP) is 4.44. The van der Waals surface area contributed by atoms with Gasteiger partial charge in [0, 0.05) is 12.1 Å². The third-order valence-electron chi connectivity index (χ3n) is 5.51. The van der Waals surface area contributed by atoms with Gasteiger partial charge in [0.15, 0.2) is 0 Å². The zero-order chi connectivity index (χ0) is 26.2. The Bertz CT molecular complexity index is 1500. The first-order valence-corrected chi connectivity index (χ1v) is 11.4. The maximum absolute atomic E-state index is 13.5. The van der Waals surface area contributed by atoms with Crippen LogP contribution in [0.3, 0.4) is 0 Å². The number of hydrogen-bond acceptors (Lipinski definition) is 6. The van der Waals surface area contributed by atoms with E-state index >= 15 is 0 Å². The minimum atomic E-state index is -1.16. The summed E-state index contributed by atoms with van der Waals surface area (Å²) in [5.41, 5.74) is 2.90. The molecular formula is C28H22FN5O3. The number of aromatic nitrogens is 2. The summed E-state index contributed by atoms with van der Waals surface area (Å²) >= 11 is 0. The fourth-order valence-corrected chi connectivity index (χ4v) is 3.71. The maximum Gasteiger partial charge on any atom is 0.354 e. The van der Waals surface area contributed by atoms with Gasteiger partial charge in [-0.3, -0.25) is 4.79 Å². The summed E-state index contributed by atoms with van der Waals surface area (Å²) < 4.78 is 13.5. The second-order valence-corrected chi connectivity index (χ2v) is 8.06. The summed E-state index contributed by atoms with van der Waals surface area (Å²) in [7, 11) is 0. The Hall–Kier alpha value is -5.10. The van der Waals surface area contributed by atoms with Gasteiger partial charge < -0.3 is 15.7 Å². The number of nitrogens with zero attached hydrogens (tertiary/aromatic N) is 3. The lowest BCUT2D eigenvalue weighted by Crippen LogP contribution is -2.25. The highest BCUT2D eigenvalue weighted by molar-refractivity contribution is 5.99. The highest BCUT2D eigenvalue weighted by Gasteiger charge is 2.16. The molecule has 0 aliphatic rings. The van der Waals surface area contributed by atoms with Crippen LogP contribution in [0.15, 0.2) is 78.9 Å². The van der Waals surface area contributed by atoms with Crippen LogP contribution < -0.4 is 10.6 Å². The first-order valence-electron chi connectivity index (χ1n) is 11.4. The van der Waals surface area contributed by atoms with Gasteiger partial charge in [-0.05, 0) is 54.4 Å². The molecule has 9 heteroatoms. The van der Waals surface area contributed by atoms with E-state index in [2.05, 4.69) is 26.7 Å².